The predicted octanol–water partition coefficient (Wildman–Crippen LogP) is 1.15. The molecule has 200 valence electrons. The van der Waals surface area contributed by atoms with E-state index in [-0.39, 0.29) is 30.6 Å². The number of piperidine rings is 2. The molecule has 3 amide bonds. The van der Waals surface area contributed by atoms with E-state index < -0.39 is 12.0 Å². The molecule has 0 bridgehead atoms. The van der Waals surface area contributed by atoms with E-state index >= 15 is 0 Å². The number of likely N-dealkylation sites (tertiary alicyclic amines) is 1. The van der Waals surface area contributed by atoms with Crippen LogP contribution in [0.4, 0.5) is 5.69 Å². The van der Waals surface area contributed by atoms with Crippen LogP contribution in [0.1, 0.15) is 54.4 Å². The smallest absolute Gasteiger partial charge is 0.303 e. The largest absolute Gasteiger partial charge is 0.481 e. The third kappa shape index (κ3) is 5.96. The van der Waals surface area contributed by atoms with Crippen LogP contribution >= 0.6 is 0 Å². The number of piperazine rings is 1. The zero-order valence-corrected chi connectivity index (χ0v) is 21.4. The number of nitrogens with one attached hydrogen (secondary N) is 1. The predicted molar refractivity (Wildman–Crippen MR) is 137 cm³/mol. The standard InChI is InChI=1S/C27H37N5O5/c33-24-6-5-23(26(36)28-24)32-18-20-16-21(3-4-22(20)27(32)37)31-14-12-30(13-15-31)17-19-7-10-29(11-8-19)9-1-2-25(34)35/h3-4,16,19,23H,1-2,5-15,17-18H2,(H,34,35)(H,28,33,36). The molecule has 4 aliphatic rings. The molecule has 0 spiro atoms. The molecule has 3 fully saturated rings. The van der Waals surface area contributed by atoms with Gasteiger partial charge in [0.2, 0.25) is 11.8 Å². The van der Waals surface area contributed by atoms with Crippen LogP contribution < -0.4 is 10.2 Å². The zero-order valence-electron chi connectivity index (χ0n) is 21.4. The van der Waals surface area contributed by atoms with Gasteiger partial charge in [0.25, 0.3) is 5.91 Å². The van der Waals surface area contributed by atoms with Crippen LogP contribution in [0.2, 0.25) is 0 Å². The average Bonchev–Trinajstić information content (AvgIpc) is 3.21. The topological polar surface area (TPSA) is 114 Å². The van der Waals surface area contributed by atoms with Crippen molar-refractivity contribution in [2.45, 2.75) is 51.1 Å². The maximum atomic E-state index is 13.0. The lowest BCUT2D eigenvalue weighted by Crippen LogP contribution is -2.52. The second-order valence-electron chi connectivity index (χ2n) is 10.8. The molecule has 1 aromatic rings. The normalized spacial score (nSPS) is 23.9. The Morgan fingerprint density at radius 3 is 2.43 bits per heavy atom. The first-order valence-corrected chi connectivity index (χ1v) is 13.6. The third-order valence-electron chi connectivity index (χ3n) is 8.33. The molecule has 5 rings (SSSR count). The Balaban J connectivity index is 1.09. The van der Waals surface area contributed by atoms with Crippen molar-refractivity contribution in [1.82, 2.24) is 20.0 Å². The summed E-state index contributed by atoms with van der Waals surface area (Å²) < 4.78 is 0. The summed E-state index contributed by atoms with van der Waals surface area (Å²) >= 11 is 0. The molecule has 0 aromatic heterocycles. The van der Waals surface area contributed by atoms with Crippen molar-refractivity contribution in [3.05, 3.63) is 29.3 Å². The van der Waals surface area contributed by atoms with Crippen LogP contribution in [-0.2, 0) is 20.9 Å². The number of anilines is 1. The van der Waals surface area contributed by atoms with Gasteiger partial charge in [-0.15, -0.1) is 0 Å². The Labute approximate surface area is 217 Å². The number of rotatable bonds is 8. The lowest BCUT2D eigenvalue weighted by atomic mass is 9.95. The SMILES string of the molecule is O=C(O)CCCN1CCC(CN2CCN(c3ccc4c(c3)CN(C3CCC(=O)NC3=O)C4=O)CC2)CC1. The number of carbonyl (C=O) groups excluding carboxylic acids is 3. The number of fused-ring (bicyclic) bond motifs is 1. The quantitative estimate of drug-likeness (QED) is 0.500. The highest BCUT2D eigenvalue weighted by molar-refractivity contribution is 6.05. The summed E-state index contributed by atoms with van der Waals surface area (Å²) in [5.74, 6) is -0.792. The summed E-state index contributed by atoms with van der Waals surface area (Å²) in [6.45, 7) is 8.45. The fourth-order valence-corrected chi connectivity index (χ4v) is 6.16. The Hall–Kier alpha value is -2.98. The fraction of sp³-hybridized carbons (Fsp3) is 0.630. The van der Waals surface area contributed by atoms with Crippen LogP contribution in [0.3, 0.4) is 0 Å². The molecule has 1 aromatic carbocycles. The molecule has 1 atom stereocenters. The van der Waals surface area contributed by atoms with Gasteiger partial charge in [-0.25, -0.2) is 0 Å². The Morgan fingerprint density at radius 2 is 1.73 bits per heavy atom. The first-order valence-electron chi connectivity index (χ1n) is 13.6. The number of carbonyl (C=O) groups is 4. The minimum Gasteiger partial charge on any atom is -0.481 e. The van der Waals surface area contributed by atoms with Crippen LogP contribution in [0.25, 0.3) is 0 Å². The maximum absolute atomic E-state index is 13.0. The van der Waals surface area contributed by atoms with Crippen molar-refractivity contribution in [2.24, 2.45) is 5.92 Å². The van der Waals surface area contributed by atoms with Crippen LogP contribution in [0.5, 0.6) is 0 Å². The molecule has 2 N–H and O–H groups in total. The fourth-order valence-electron chi connectivity index (χ4n) is 6.16. The summed E-state index contributed by atoms with van der Waals surface area (Å²) in [4.78, 5) is 56.4. The summed E-state index contributed by atoms with van der Waals surface area (Å²) in [5.41, 5.74) is 2.72. The van der Waals surface area contributed by atoms with Gasteiger partial charge < -0.3 is 19.8 Å². The number of amides is 3. The lowest BCUT2D eigenvalue weighted by molar-refractivity contribution is -0.138. The van der Waals surface area contributed by atoms with Crippen molar-refractivity contribution in [3.8, 4) is 0 Å². The van der Waals surface area contributed by atoms with E-state index in [9.17, 15) is 19.2 Å². The molecule has 1 unspecified atom stereocenters. The number of hydrogen-bond donors (Lipinski definition) is 2. The van der Waals surface area contributed by atoms with Gasteiger partial charge in [-0.2, -0.15) is 0 Å². The maximum Gasteiger partial charge on any atom is 0.303 e. The van der Waals surface area contributed by atoms with Crippen molar-refractivity contribution in [3.63, 3.8) is 0 Å². The van der Waals surface area contributed by atoms with Gasteiger partial charge in [0.1, 0.15) is 6.04 Å². The van der Waals surface area contributed by atoms with Gasteiger partial charge >= 0.3 is 5.97 Å². The van der Waals surface area contributed by atoms with Crippen LogP contribution in [-0.4, -0.2) is 102 Å². The van der Waals surface area contributed by atoms with E-state index in [0.29, 0.717) is 24.4 Å². The number of carboxylic acid groups (broad SMARTS) is 1. The highest BCUT2D eigenvalue weighted by Gasteiger charge is 2.39. The molecular formula is C27H37N5O5. The van der Waals surface area contributed by atoms with E-state index in [1.165, 1.54) is 12.8 Å². The molecule has 4 aliphatic heterocycles. The highest BCUT2D eigenvalue weighted by atomic mass is 16.4. The van der Waals surface area contributed by atoms with Crippen molar-refractivity contribution < 1.29 is 24.3 Å². The van der Waals surface area contributed by atoms with Gasteiger partial charge in [-0.05, 0) is 75.0 Å². The number of nitrogens with zero attached hydrogens (tertiary/aromatic N) is 4. The van der Waals surface area contributed by atoms with Crippen molar-refractivity contribution >= 4 is 29.4 Å². The van der Waals surface area contributed by atoms with Gasteiger partial charge in [-0.3, -0.25) is 29.4 Å². The van der Waals surface area contributed by atoms with Gasteiger partial charge in [0.15, 0.2) is 0 Å². The van der Waals surface area contributed by atoms with Crippen LogP contribution in [0.15, 0.2) is 18.2 Å². The van der Waals surface area contributed by atoms with Crippen LogP contribution in [0, 0.1) is 5.92 Å². The Morgan fingerprint density at radius 1 is 0.973 bits per heavy atom. The molecule has 10 heteroatoms. The summed E-state index contributed by atoms with van der Waals surface area (Å²) in [6.07, 6.45) is 3.98. The Bertz CT molecular complexity index is 1050. The minimum absolute atomic E-state index is 0.131. The number of hydrogen-bond acceptors (Lipinski definition) is 7. The minimum atomic E-state index is -0.711. The van der Waals surface area contributed by atoms with E-state index in [1.54, 1.807) is 4.90 Å². The monoisotopic (exact) mass is 511 g/mol. The van der Waals surface area contributed by atoms with Gasteiger partial charge in [-0.1, -0.05) is 0 Å². The summed E-state index contributed by atoms with van der Waals surface area (Å²) in [6, 6.07) is 5.41. The summed E-state index contributed by atoms with van der Waals surface area (Å²) in [5, 5.41) is 11.2. The van der Waals surface area contributed by atoms with Crippen molar-refractivity contribution in [1.29, 1.82) is 0 Å². The highest BCUT2D eigenvalue weighted by Crippen LogP contribution is 2.31. The molecule has 10 nitrogen and oxygen atoms in total. The first-order chi connectivity index (χ1) is 17.9. The molecule has 37 heavy (non-hydrogen) atoms. The average molecular weight is 512 g/mol. The molecule has 3 saturated heterocycles. The summed E-state index contributed by atoms with van der Waals surface area (Å²) in [7, 11) is 0. The first kappa shape index (κ1) is 25.7. The van der Waals surface area contributed by atoms with E-state index in [0.717, 1.165) is 70.0 Å². The molecule has 4 heterocycles. The van der Waals surface area contributed by atoms with E-state index in [1.807, 2.05) is 12.1 Å². The third-order valence-corrected chi connectivity index (χ3v) is 8.33. The Kier molecular flexibility index (Phi) is 7.76. The number of benzene rings is 1. The molecule has 0 saturated carbocycles. The second-order valence-corrected chi connectivity index (χ2v) is 10.8. The molecular weight excluding hydrogens is 474 g/mol. The van der Waals surface area contributed by atoms with E-state index in [4.69, 9.17) is 5.11 Å². The van der Waals surface area contributed by atoms with Crippen molar-refractivity contribution in [2.75, 3.05) is 57.3 Å². The molecule has 0 aliphatic carbocycles. The number of carboxylic acids is 1. The zero-order chi connectivity index (χ0) is 25.9. The number of imide groups is 1. The van der Waals surface area contributed by atoms with E-state index in [2.05, 4.69) is 26.1 Å². The molecule has 0 radical (unpaired) electrons. The second kappa shape index (κ2) is 11.2. The number of aliphatic carboxylic acids is 1. The van der Waals surface area contributed by atoms with Gasteiger partial charge in [0, 0.05) is 63.4 Å². The lowest BCUT2D eigenvalue weighted by Gasteiger charge is -2.39. The van der Waals surface area contributed by atoms with Gasteiger partial charge in [0.05, 0.1) is 0 Å².